The molecule has 1 aromatic heterocycles. The van der Waals surface area contributed by atoms with Crippen molar-refractivity contribution >= 4 is 11.8 Å². The Morgan fingerprint density at radius 3 is 2.78 bits per heavy atom. The highest BCUT2D eigenvalue weighted by Crippen LogP contribution is 2.20. The van der Waals surface area contributed by atoms with Gasteiger partial charge in [0.15, 0.2) is 5.57 Å². The number of pyridine rings is 1. The molecule has 1 rings (SSSR count). The maximum absolute atomic E-state index is 8.87. The van der Waals surface area contributed by atoms with Crippen LogP contribution in [0, 0.1) is 22.7 Å². The molecular weight excluding hydrogens is 244 g/mol. The zero-order valence-corrected chi connectivity index (χ0v) is 10.6. The zero-order chi connectivity index (χ0) is 13.2. The first kappa shape index (κ1) is 13.8. The fourth-order valence-electron chi connectivity index (χ4n) is 1.13. The summed E-state index contributed by atoms with van der Waals surface area (Å²) in [5, 5.41) is 21.3. The number of hydrogen-bond acceptors (Lipinski definition) is 5. The Hall–Kier alpha value is -2.24. The van der Waals surface area contributed by atoms with Crippen LogP contribution in [0.3, 0.4) is 0 Å². The molecule has 0 aliphatic rings. The molecule has 4 nitrogen and oxygen atoms in total. The van der Waals surface area contributed by atoms with Crippen LogP contribution in [0.4, 0.5) is 0 Å². The van der Waals surface area contributed by atoms with E-state index >= 15 is 0 Å². The molecule has 1 heterocycles. The van der Waals surface area contributed by atoms with Gasteiger partial charge in [-0.3, -0.25) is 4.98 Å². The van der Waals surface area contributed by atoms with Crippen LogP contribution in [0.5, 0.6) is 0 Å². The second-order valence-electron chi connectivity index (χ2n) is 3.21. The average Bonchev–Trinajstić information content (AvgIpc) is 2.43. The van der Waals surface area contributed by atoms with Crippen LogP contribution in [0.1, 0.15) is 5.69 Å². The first-order valence-electron chi connectivity index (χ1n) is 5.23. The van der Waals surface area contributed by atoms with Crippen molar-refractivity contribution < 1.29 is 0 Å². The van der Waals surface area contributed by atoms with E-state index in [9.17, 15) is 0 Å². The predicted molar refractivity (Wildman–Crippen MR) is 72.0 cm³/mol. The smallest absolute Gasteiger partial charge is 0.159 e. The number of rotatable bonds is 6. The number of nitrogens with one attached hydrogen (secondary N) is 1. The van der Waals surface area contributed by atoms with Crippen LogP contribution in [0.25, 0.3) is 0 Å². The molecule has 0 amide bonds. The Labute approximate surface area is 111 Å². The maximum atomic E-state index is 8.87. The third-order valence-electron chi connectivity index (χ3n) is 1.95. The summed E-state index contributed by atoms with van der Waals surface area (Å²) >= 11 is 1.39. The van der Waals surface area contributed by atoms with Crippen LogP contribution in [-0.2, 0) is 5.75 Å². The van der Waals surface area contributed by atoms with Gasteiger partial charge in [0.1, 0.15) is 12.1 Å². The van der Waals surface area contributed by atoms with Crippen molar-refractivity contribution in [3.05, 3.63) is 53.3 Å². The zero-order valence-electron chi connectivity index (χ0n) is 9.76. The van der Waals surface area contributed by atoms with Crippen LogP contribution in [0.15, 0.2) is 47.7 Å². The van der Waals surface area contributed by atoms with E-state index in [1.54, 1.807) is 12.3 Å². The Bertz CT molecular complexity index is 492. The topological polar surface area (TPSA) is 72.5 Å². The van der Waals surface area contributed by atoms with E-state index < -0.39 is 0 Å². The third-order valence-corrected chi connectivity index (χ3v) is 3.03. The molecule has 0 atom stereocenters. The van der Waals surface area contributed by atoms with E-state index in [4.69, 9.17) is 10.5 Å². The van der Waals surface area contributed by atoms with E-state index in [1.165, 1.54) is 11.8 Å². The van der Waals surface area contributed by atoms with Gasteiger partial charge in [-0.15, -0.1) is 18.3 Å². The molecule has 18 heavy (non-hydrogen) atoms. The molecule has 0 spiro atoms. The van der Waals surface area contributed by atoms with Gasteiger partial charge in [0.2, 0.25) is 0 Å². The Balaban J connectivity index is 2.75. The predicted octanol–water partition coefficient (Wildman–Crippen LogP) is 2.35. The molecule has 0 aliphatic heterocycles. The minimum absolute atomic E-state index is 0.0813. The van der Waals surface area contributed by atoms with Crippen molar-refractivity contribution in [3.8, 4) is 12.1 Å². The van der Waals surface area contributed by atoms with Gasteiger partial charge in [-0.25, -0.2) is 0 Å². The third kappa shape index (κ3) is 4.32. The normalized spacial score (nSPS) is 8.78. The van der Waals surface area contributed by atoms with E-state index in [-0.39, 0.29) is 5.57 Å². The molecule has 0 saturated heterocycles. The van der Waals surface area contributed by atoms with Crippen molar-refractivity contribution in [1.29, 1.82) is 10.5 Å². The Morgan fingerprint density at radius 1 is 1.44 bits per heavy atom. The van der Waals surface area contributed by atoms with Crippen molar-refractivity contribution in [1.82, 2.24) is 10.3 Å². The lowest BCUT2D eigenvalue weighted by atomic mass is 10.3. The number of nitrogens with zero attached hydrogens (tertiary/aromatic N) is 3. The first-order valence-corrected chi connectivity index (χ1v) is 6.22. The summed E-state index contributed by atoms with van der Waals surface area (Å²) in [6, 6.07) is 9.40. The lowest BCUT2D eigenvalue weighted by Gasteiger charge is -2.08. The second-order valence-corrected chi connectivity index (χ2v) is 4.19. The summed E-state index contributed by atoms with van der Waals surface area (Å²) in [5.41, 5.74) is 0.980. The number of allylic oxidation sites excluding steroid dienone is 1. The monoisotopic (exact) mass is 256 g/mol. The quantitative estimate of drug-likeness (QED) is 0.624. The highest BCUT2D eigenvalue weighted by atomic mass is 32.2. The molecule has 0 aromatic carbocycles. The van der Waals surface area contributed by atoms with Gasteiger partial charge in [0.05, 0.1) is 10.7 Å². The van der Waals surface area contributed by atoms with Crippen molar-refractivity contribution in [2.75, 3.05) is 6.54 Å². The van der Waals surface area contributed by atoms with Crippen molar-refractivity contribution in [2.24, 2.45) is 0 Å². The minimum atomic E-state index is 0.0813. The molecule has 5 heteroatoms. The van der Waals surface area contributed by atoms with Gasteiger partial charge in [-0.1, -0.05) is 12.1 Å². The van der Waals surface area contributed by atoms with Crippen LogP contribution in [-0.4, -0.2) is 11.5 Å². The molecule has 0 unspecified atom stereocenters. The Morgan fingerprint density at radius 2 is 2.22 bits per heavy atom. The van der Waals surface area contributed by atoms with E-state index in [1.807, 2.05) is 30.3 Å². The molecule has 0 bridgehead atoms. The van der Waals surface area contributed by atoms with Gasteiger partial charge in [-0.05, 0) is 12.1 Å². The maximum Gasteiger partial charge on any atom is 0.159 e. The molecule has 1 aromatic rings. The van der Waals surface area contributed by atoms with E-state index in [2.05, 4.69) is 16.9 Å². The number of nitriles is 2. The summed E-state index contributed by atoms with van der Waals surface area (Å²) in [5.74, 6) is 0.604. The SMILES string of the molecule is C=CCNC(SCc1ccccn1)=C(C#N)C#N. The lowest BCUT2D eigenvalue weighted by molar-refractivity contribution is 0.962. The van der Waals surface area contributed by atoms with Gasteiger partial charge >= 0.3 is 0 Å². The average molecular weight is 256 g/mol. The van der Waals surface area contributed by atoms with Gasteiger partial charge < -0.3 is 5.32 Å². The molecule has 0 radical (unpaired) electrons. The summed E-state index contributed by atoms with van der Waals surface area (Å²) in [7, 11) is 0. The minimum Gasteiger partial charge on any atom is -0.375 e. The molecule has 90 valence electrons. The summed E-state index contributed by atoms with van der Waals surface area (Å²) in [6.45, 7) is 4.10. The molecule has 0 aliphatic carbocycles. The lowest BCUT2D eigenvalue weighted by Crippen LogP contribution is -2.12. The molecule has 1 N–H and O–H groups in total. The molecular formula is C13H12N4S. The number of thioether (sulfide) groups is 1. The van der Waals surface area contributed by atoms with E-state index in [0.717, 1.165) is 5.69 Å². The van der Waals surface area contributed by atoms with Crippen LogP contribution in [0.2, 0.25) is 0 Å². The van der Waals surface area contributed by atoms with Crippen LogP contribution >= 0.6 is 11.8 Å². The number of hydrogen-bond donors (Lipinski definition) is 1. The highest BCUT2D eigenvalue weighted by molar-refractivity contribution is 8.02. The van der Waals surface area contributed by atoms with Gasteiger partial charge in [0, 0.05) is 18.5 Å². The number of aromatic nitrogens is 1. The van der Waals surface area contributed by atoms with Crippen LogP contribution < -0.4 is 5.32 Å². The van der Waals surface area contributed by atoms with Gasteiger partial charge in [-0.2, -0.15) is 10.5 Å². The van der Waals surface area contributed by atoms with E-state index in [0.29, 0.717) is 17.3 Å². The Kier molecular flexibility index (Phi) is 6.10. The summed E-state index contributed by atoms with van der Waals surface area (Å²) in [6.07, 6.45) is 3.39. The van der Waals surface area contributed by atoms with Gasteiger partial charge in [0.25, 0.3) is 0 Å². The second kappa shape index (κ2) is 7.94. The summed E-state index contributed by atoms with van der Waals surface area (Å²) in [4.78, 5) is 4.18. The molecule has 0 saturated carbocycles. The fraction of sp³-hybridized carbons (Fsp3) is 0.154. The van der Waals surface area contributed by atoms with Crippen molar-refractivity contribution in [2.45, 2.75) is 5.75 Å². The fourth-order valence-corrected chi connectivity index (χ4v) is 2.02. The summed E-state index contributed by atoms with van der Waals surface area (Å²) < 4.78 is 0. The highest BCUT2D eigenvalue weighted by Gasteiger charge is 2.07. The first-order chi connectivity index (χ1) is 8.81. The largest absolute Gasteiger partial charge is 0.375 e. The van der Waals surface area contributed by atoms with Crippen molar-refractivity contribution in [3.63, 3.8) is 0 Å². The standard InChI is InChI=1S/C13H12N4S/c1-2-6-17-13(11(8-14)9-15)18-10-12-5-3-4-7-16-12/h2-5,7,17H,1,6,10H2. The molecule has 0 fully saturated rings.